The number of aromatic nitrogens is 1. The zero-order valence-electron chi connectivity index (χ0n) is 19.7. The molecular formula is C24H33NO9. The molecular weight excluding hydrogens is 446 g/mol. The summed E-state index contributed by atoms with van der Waals surface area (Å²) in [7, 11) is 0. The van der Waals surface area contributed by atoms with Crippen LogP contribution in [0.2, 0.25) is 0 Å². The van der Waals surface area contributed by atoms with E-state index in [1.54, 1.807) is 19.9 Å². The first-order chi connectivity index (χ1) is 15.6. The van der Waals surface area contributed by atoms with Crippen LogP contribution in [-0.2, 0) is 9.47 Å². The van der Waals surface area contributed by atoms with Gasteiger partial charge in [0.25, 0.3) is 0 Å². The Hall–Kier alpha value is -1.53. The van der Waals surface area contributed by atoms with E-state index in [1.165, 1.54) is 26.1 Å². The number of carbonyl (C=O) groups is 1. The van der Waals surface area contributed by atoms with E-state index in [0.29, 0.717) is 0 Å². The Morgan fingerprint density at radius 1 is 1.21 bits per heavy atom. The molecule has 2 aliphatic heterocycles. The van der Waals surface area contributed by atoms with Crippen molar-refractivity contribution in [1.29, 1.82) is 0 Å². The quantitative estimate of drug-likeness (QED) is 0.284. The van der Waals surface area contributed by atoms with Crippen LogP contribution < -0.4 is 0 Å². The van der Waals surface area contributed by atoms with Crippen LogP contribution in [0.3, 0.4) is 0 Å². The van der Waals surface area contributed by atoms with E-state index in [2.05, 4.69) is 4.98 Å². The van der Waals surface area contributed by atoms with Gasteiger partial charge in [-0.2, -0.15) is 0 Å². The first-order valence-corrected chi connectivity index (χ1v) is 11.9. The Labute approximate surface area is 196 Å². The molecule has 188 valence electrons. The van der Waals surface area contributed by atoms with Gasteiger partial charge in [-0.1, -0.05) is 20.8 Å². The molecule has 7 N–H and O–H groups in total. The summed E-state index contributed by atoms with van der Waals surface area (Å²) in [5, 5.41) is 72.5. The van der Waals surface area contributed by atoms with Crippen LogP contribution in [0, 0.1) is 16.7 Å². The molecule has 10 heteroatoms. The van der Waals surface area contributed by atoms with Crippen LogP contribution in [-0.4, -0.2) is 87.6 Å². The summed E-state index contributed by atoms with van der Waals surface area (Å²) < 4.78 is 12.0. The SMILES string of the molecule is CC(C)[C@@]1(O)[C@@H](OC(=O)c2ccc[nH]2)[C@@]2(O)[C@@]3(C)C[C@]4(O)O[C@@]5(C[C@H](O)CC[C@]35O)[C@@]2(O)[C@]14C. The van der Waals surface area contributed by atoms with Gasteiger partial charge in [0.1, 0.15) is 33.7 Å². The standard InChI is InChI=1S/C24H33NO9/c1-12(2)22(30)16(33-15(27)14-6-5-9-25-14)23(31)17(3)11-21(29)18(22,4)24(23,32)20(34-21)10-13(26)7-8-19(17,20)28/h5-6,9,12-13,16,25-26,28-32H,7-8,10-11H2,1-4H3/t13-,16-,17+,18+,19+,20-,21+,22-,23-,24+/m1/s1. The molecule has 7 rings (SSSR count). The molecule has 1 aromatic rings. The Kier molecular flexibility index (Phi) is 3.85. The van der Waals surface area contributed by atoms with Gasteiger partial charge in [0.15, 0.2) is 11.9 Å². The molecule has 34 heavy (non-hydrogen) atoms. The van der Waals surface area contributed by atoms with Crippen LogP contribution in [0.5, 0.6) is 0 Å². The second-order valence-corrected chi connectivity index (χ2v) is 11.9. The molecule has 6 aliphatic rings. The smallest absolute Gasteiger partial charge is 0.355 e. The van der Waals surface area contributed by atoms with Crippen molar-refractivity contribution in [1.82, 2.24) is 4.98 Å². The lowest BCUT2D eigenvalue weighted by molar-refractivity contribution is -0.379. The molecule has 10 atom stereocenters. The Morgan fingerprint density at radius 2 is 1.88 bits per heavy atom. The molecule has 2 saturated heterocycles. The maximum Gasteiger partial charge on any atom is 0.355 e. The number of ether oxygens (including phenoxy) is 2. The van der Waals surface area contributed by atoms with Gasteiger partial charge in [0.05, 0.1) is 11.5 Å². The van der Waals surface area contributed by atoms with Crippen molar-refractivity contribution in [2.24, 2.45) is 16.7 Å². The van der Waals surface area contributed by atoms with Crippen molar-refractivity contribution in [3.8, 4) is 0 Å². The molecule has 0 unspecified atom stereocenters. The van der Waals surface area contributed by atoms with E-state index in [9.17, 15) is 35.4 Å². The molecule has 3 heterocycles. The molecule has 0 amide bonds. The van der Waals surface area contributed by atoms with Gasteiger partial charge >= 0.3 is 5.97 Å². The number of rotatable bonds is 3. The summed E-state index contributed by atoms with van der Waals surface area (Å²) in [5.74, 6) is -3.77. The highest BCUT2D eigenvalue weighted by molar-refractivity contribution is 5.87. The van der Waals surface area contributed by atoms with Crippen LogP contribution in [0.1, 0.15) is 63.9 Å². The number of carbonyl (C=O) groups excluding carboxylic acids is 1. The first kappa shape index (κ1) is 22.9. The van der Waals surface area contributed by atoms with Crippen molar-refractivity contribution in [3.63, 3.8) is 0 Å². The van der Waals surface area contributed by atoms with Gasteiger partial charge in [0, 0.05) is 24.5 Å². The van der Waals surface area contributed by atoms with Crippen molar-refractivity contribution < 1.29 is 44.9 Å². The third-order valence-electron chi connectivity index (χ3n) is 10.9. The van der Waals surface area contributed by atoms with Crippen LogP contribution in [0.25, 0.3) is 0 Å². The first-order valence-electron chi connectivity index (χ1n) is 11.9. The van der Waals surface area contributed by atoms with E-state index in [4.69, 9.17) is 9.47 Å². The molecule has 4 saturated carbocycles. The fourth-order valence-electron chi connectivity index (χ4n) is 9.35. The molecule has 4 aliphatic carbocycles. The summed E-state index contributed by atoms with van der Waals surface area (Å²) in [6.45, 7) is 6.24. The molecule has 1 spiro atoms. The number of aliphatic hydroxyl groups excluding tert-OH is 1. The normalized spacial score (nSPS) is 59.0. The van der Waals surface area contributed by atoms with Gasteiger partial charge < -0.3 is 45.1 Å². The maximum absolute atomic E-state index is 13.1. The number of hydrogen-bond donors (Lipinski definition) is 7. The monoisotopic (exact) mass is 479 g/mol. The number of aliphatic hydroxyl groups is 6. The number of aromatic amines is 1. The van der Waals surface area contributed by atoms with Crippen LogP contribution in [0.4, 0.5) is 0 Å². The molecule has 6 bridgehead atoms. The fourth-order valence-corrected chi connectivity index (χ4v) is 9.35. The lowest BCUT2D eigenvalue weighted by Crippen LogP contribution is -2.73. The molecule has 10 nitrogen and oxygen atoms in total. The number of esters is 1. The second kappa shape index (κ2) is 5.72. The highest BCUT2D eigenvalue weighted by Gasteiger charge is 3.09. The van der Waals surface area contributed by atoms with Crippen molar-refractivity contribution in [2.75, 3.05) is 0 Å². The van der Waals surface area contributed by atoms with Crippen molar-refractivity contribution in [2.45, 2.75) is 99.4 Å². The number of H-pyrrole nitrogens is 1. The summed E-state index contributed by atoms with van der Waals surface area (Å²) in [6.07, 6.45) is -1.57. The molecule has 0 radical (unpaired) electrons. The highest BCUT2D eigenvalue weighted by Crippen LogP contribution is 2.90. The third kappa shape index (κ3) is 1.65. The largest absolute Gasteiger partial charge is 0.451 e. The molecule has 6 fully saturated rings. The van der Waals surface area contributed by atoms with E-state index < -0.39 is 68.7 Å². The molecule has 0 aromatic carbocycles. The van der Waals surface area contributed by atoms with Crippen molar-refractivity contribution in [3.05, 3.63) is 24.0 Å². The Morgan fingerprint density at radius 3 is 2.47 bits per heavy atom. The summed E-state index contributed by atoms with van der Waals surface area (Å²) >= 11 is 0. The van der Waals surface area contributed by atoms with Crippen LogP contribution in [0.15, 0.2) is 18.3 Å². The van der Waals surface area contributed by atoms with Gasteiger partial charge in [-0.15, -0.1) is 0 Å². The van der Waals surface area contributed by atoms with Gasteiger partial charge in [-0.3, -0.25) is 0 Å². The van der Waals surface area contributed by atoms with Crippen LogP contribution >= 0.6 is 0 Å². The second-order valence-electron chi connectivity index (χ2n) is 11.9. The van der Waals surface area contributed by atoms with Gasteiger partial charge in [0.2, 0.25) is 0 Å². The minimum atomic E-state index is -2.47. The zero-order chi connectivity index (χ0) is 25.0. The average Bonchev–Trinajstić information content (AvgIpc) is 3.37. The lowest BCUT2D eigenvalue weighted by Gasteiger charge is -2.59. The predicted molar refractivity (Wildman–Crippen MR) is 114 cm³/mol. The van der Waals surface area contributed by atoms with E-state index in [-0.39, 0.29) is 31.4 Å². The zero-order valence-corrected chi connectivity index (χ0v) is 19.7. The van der Waals surface area contributed by atoms with E-state index in [1.807, 2.05) is 0 Å². The number of hydrogen-bond acceptors (Lipinski definition) is 9. The van der Waals surface area contributed by atoms with E-state index >= 15 is 0 Å². The predicted octanol–water partition coefficient (Wildman–Crippen LogP) is -0.434. The minimum absolute atomic E-state index is 0.0150. The van der Waals surface area contributed by atoms with Gasteiger partial charge in [-0.25, -0.2) is 4.79 Å². The Balaban J connectivity index is 1.67. The van der Waals surface area contributed by atoms with Gasteiger partial charge in [-0.05, 0) is 37.8 Å². The highest BCUT2D eigenvalue weighted by atomic mass is 16.7. The fraction of sp³-hybridized carbons (Fsp3) is 0.792. The summed E-state index contributed by atoms with van der Waals surface area (Å²) in [4.78, 5) is 15.8. The lowest BCUT2D eigenvalue weighted by atomic mass is 9.52. The minimum Gasteiger partial charge on any atom is -0.451 e. The summed E-state index contributed by atoms with van der Waals surface area (Å²) in [5.41, 5.74) is -14.5. The topological polar surface area (TPSA) is 173 Å². The van der Waals surface area contributed by atoms with Crippen molar-refractivity contribution >= 4 is 5.97 Å². The third-order valence-corrected chi connectivity index (χ3v) is 10.9. The maximum atomic E-state index is 13.1. The summed E-state index contributed by atoms with van der Waals surface area (Å²) in [6, 6.07) is 3.07. The number of nitrogens with one attached hydrogen (secondary N) is 1. The Bertz CT molecular complexity index is 1090. The van der Waals surface area contributed by atoms with E-state index in [0.717, 1.165) is 0 Å². The average molecular weight is 480 g/mol. The molecule has 1 aromatic heterocycles.